The van der Waals surface area contributed by atoms with Crippen LogP contribution in [0.5, 0.6) is 0 Å². The zero-order valence-electron chi connectivity index (χ0n) is 22.7. The van der Waals surface area contributed by atoms with Crippen LogP contribution >= 0.6 is 0 Å². The van der Waals surface area contributed by atoms with Crippen LogP contribution in [0.15, 0.2) is 52.9 Å². The molecule has 206 valence electrons. The molecule has 0 saturated carbocycles. The quantitative estimate of drug-likeness (QED) is 0.455. The number of carbonyl (C=O) groups excluding carboxylic acids is 1. The molecule has 2 unspecified atom stereocenters. The number of hydrogen-bond acceptors (Lipinski definition) is 9. The summed E-state index contributed by atoms with van der Waals surface area (Å²) in [5.74, 6) is 1.12. The highest BCUT2D eigenvalue weighted by Gasteiger charge is 2.47. The summed E-state index contributed by atoms with van der Waals surface area (Å²) in [5.41, 5.74) is 15.7. The van der Waals surface area contributed by atoms with Gasteiger partial charge in [0.15, 0.2) is 0 Å². The molecule has 11 nitrogen and oxygen atoms in total. The first-order valence-corrected chi connectivity index (χ1v) is 13.7. The van der Waals surface area contributed by atoms with Gasteiger partial charge in [0.2, 0.25) is 0 Å². The molecule has 1 aromatic carbocycles. The number of hydrogen-bond donors (Lipinski definition) is 3. The Balaban J connectivity index is 1.06. The number of benzene rings is 1. The van der Waals surface area contributed by atoms with Gasteiger partial charge in [-0.15, -0.1) is 0 Å². The number of aliphatic imine (C=N–C) groups is 2. The number of amidine groups is 1. The van der Waals surface area contributed by atoms with Crippen molar-refractivity contribution in [2.75, 3.05) is 52.6 Å². The highest BCUT2D eigenvalue weighted by atomic mass is 16.2. The fraction of sp³-hybridized carbons (Fsp3) is 0.500. The van der Waals surface area contributed by atoms with Crippen molar-refractivity contribution in [3.05, 3.63) is 59.6 Å². The number of piperidine rings is 1. The van der Waals surface area contributed by atoms with Crippen LogP contribution in [-0.4, -0.2) is 95.4 Å². The molecule has 0 spiro atoms. The van der Waals surface area contributed by atoms with Gasteiger partial charge in [0, 0.05) is 68.3 Å². The van der Waals surface area contributed by atoms with Crippen LogP contribution in [0.3, 0.4) is 0 Å². The normalized spacial score (nSPS) is 24.4. The topological polar surface area (TPSA) is 133 Å². The summed E-state index contributed by atoms with van der Waals surface area (Å²) in [7, 11) is 4.02. The van der Waals surface area contributed by atoms with Gasteiger partial charge in [0.05, 0.1) is 18.2 Å². The van der Waals surface area contributed by atoms with E-state index in [9.17, 15) is 4.79 Å². The van der Waals surface area contributed by atoms with Crippen LogP contribution < -0.4 is 16.8 Å². The predicted molar refractivity (Wildman–Crippen MR) is 152 cm³/mol. The Morgan fingerprint density at radius 2 is 2.00 bits per heavy atom. The minimum atomic E-state index is -0.214. The van der Waals surface area contributed by atoms with Crippen molar-refractivity contribution in [2.24, 2.45) is 21.6 Å². The maximum absolute atomic E-state index is 13.3. The molecule has 2 fully saturated rings. The van der Waals surface area contributed by atoms with Crippen molar-refractivity contribution >= 4 is 23.8 Å². The molecule has 4 aliphatic rings. The van der Waals surface area contributed by atoms with Gasteiger partial charge in [-0.3, -0.25) is 19.4 Å². The van der Waals surface area contributed by atoms with E-state index in [2.05, 4.69) is 42.1 Å². The molecule has 11 heteroatoms. The second-order valence-electron chi connectivity index (χ2n) is 11.5. The second-order valence-corrected chi connectivity index (χ2v) is 11.5. The highest BCUT2D eigenvalue weighted by molar-refractivity contribution is 5.96. The molecular weight excluding hydrogens is 492 g/mol. The van der Waals surface area contributed by atoms with Crippen molar-refractivity contribution in [2.45, 2.75) is 37.0 Å². The molecule has 0 bridgehead atoms. The average molecular weight is 531 g/mol. The van der Waals surface area contributed by atoms with Crippen molar-refractivity contribution in [1.29, 1.82) is 0 Å². The summed E-state index contributed by atoms with van der Waals surface area (Å²) in [6.07, 6.45) is 11.6. The molecule has 4 aliphatic heterocycles. The van der Waals surface area contributed by atoms with Crippen LogP contribution in [0.1, 0.15) is 40.4 Å². The van der Waals surface area contributed by atoms with E-state index in [0.717, 1.165) is 62.5 Å². The van der Waals surface area contributed by atoms with Crippen LogP contribution in [0.2, 0.25) is 0 Å². The van der Waals surface area contributed by atoms with E-state index >= 15 is 0 Å². The number of aromatic nitrogens is 2. The number of likely N-dealkylation sites (tertiary alicyclic amines) is 2. The van der Waals surface area contributed by atoms with Gasteiger partial charge in [0.1, 0.15) is 17.7 Å². The summed E-state index contributed by atoms with van der Waals surface area (Å²) >= 11 is 0. The van der Waals surface area contributed by atoms with Crippen molar-refractivity contribution < 1.29 is 4.79 Å². The van der Waals surface area contributed by atoms with Crippen LogP contribution in [0, 0.1) is 5.92 Å². The minimum Gasteiger partial charge on any atom is -0.399 e. The van der Waals surface area contributed by atoms with E-state index in [-0.39, 0.29) is 23.4 Å². The Hall–Kier alpha value is -3.54. The van der Waals surface area contributed by atoms with Crippen molar-refractivity contribution in [1.82, 2.24) is 29.8 Å². The van der Waals surface area contributed by atoms with Crippen LogP contribution in [0.4, 0.5) is 5.69 Å². The van der Waals surface area contributed by atoms with Gasteiger partial charge in [0.25, 0.3) is 5.91 Å². The summed E-state index contributed by atoms with van der Waals surface area (Å²) < 4.78 is 2.05. The van der Waals surface area contributed by atoms with Gasteiger partial charge >= 0.3 is 0 Å². The molecule has 1 amide bonds. The SMILES string of the molecule is CN(C)Cc1cc(N)cc(C(=O)N2CCC(N3CC(CN)(n4cc(C5N=CN=C6NC=CC65)cn4)C3)CC2)c1. The first kappa shape index (κ1) is 25.7. The number of carbonyl (C=O) groups is 1. The standard InChI is InChI=1S/C28H38N10O/c1-35(2)13-19-9-20(11-22(30)10-19)27(39)36-7-4-23(5-8-36)37-16-28(15-29,17-37)38-14-21(12-34-38)25-24-3-6-31-26(24)33-18-32-25/h3,6,9-12,14,18,23-25H,4-5,7-8,13,15-17,29-30H2,1-2H3,(H,31,32,33). The molecule has 39 heavy (non-hydrogen) atoms. The van der Waals surface area contributed by atoms with E-state index in [0.29, 0.717) is 23.8 Å². The Bertz CT molecular complexity index is 1310. The number of anilines is 1. The lowest BCUT2D eigenvalue weighted by Gasteiger charge is -2.54. The van der Waals surface area contributed by atoms with E-state index in [4.69, 9.17) is 16.6 Å². The van der Waals surface area contributed by atoms with Gasteiger partial charge in [-0.2, -0.15) is 5.10 Å². The largest absolute Gasteiger partial charge is 0.399 e. The Morgan fingerprint density at radius 1 is 1.21 bits per heavy atom. The molecule has 6 rings (SSSR count). The summed E-state index contributed by atoms with van der Waals surface area (Å²) in [6.45, 7) is 4.48. The molecule has 2 atom stereocenters. The highest BCUT2D eigenvalue weighted by Crippen LogP contribution is 2.36. The molecule has 2 saturated heterocycles. The third-order valence-electron chi connectivity index (χ3n) is 8.45. The van der Waals surface area contributed by atoms with E-state index in [1.807, 2.05) is 43.5 Å². The summed E-state index contributed by atoms with van der Waals surface area (Å²) in [6, 6.07) is 6.12. The monoisotopic (exact) mass is 530 g/mol. The lowest BCUT2D eigenvalue weighted by Crippen LogP contribution is -2.69. The molecule has 0 aliphatic carbocycles. The van der Waals surface area contributed by atoms with Crippen molar-refractivity contribution in [3.63, 3.8) is 0 Å². The first-order valence-electron chi connectivity index (χ1n) is 13.7. The molecule has 1 aromatic heterocycles. The average Bonchev–Trinajstić information content (AvgIpc) is 3.58. The van der Waals surface area contributed by atoms with Crippen molar-refractivity contribution in [3.8, 4) is 0 Å². The lowest BCUT2D eigenvalue weighted by atomic mass is 9.86. The number of fused-ring (bicyclic) bond motifs is 1. The maximum atomic E-state index is 13.3. The number of nitrogen functional groups attached to an aromatic ring is 1. The third-order valence-corrected chi connectivity index (χ3v) is 8.45. The third kappa shape index (κ3) is 4.86. The Kier molecular flexibility index (Phi) is 6.74. The number of rotatable bonds is 7. The molecule has 5 heterocycles. The summed E-state index contributed by atoms with van der Waals surface area (Å²) in [5, 5.41) is 7.93. The maximum Gasteiger partial charge on any atom is 0.253 e. The second kappa shape index (κ2) is 10.2. The number of amides is 1. The smallest absolute Gasteiger partial charge is 0.253 e. The lowest BCUT2D eigenvalue weighted by molar-refractivity contribution is -0.0385. The van der Waals surface area contributed by atoms with Gasteiger partial charge < -0.3 is 26.6 Å². The summed E-state index contributed by atoms with van der Waals surface area (Å²) in [4.78, 5) is 28.8. The first-order chi connectivity index (χ1) is 18.8. The van der Waals surface area contributed by atoms with E-state index < -0.39 is 0 Å². The Morgan fingerprint density at radius 3 is 2.74 bits per heavy atom. The predicted octanol–water partition coefficient (Wildman–Crippen LogP) is 1.02. The zero-order chi connectivity index (χ0) is 27.1. The molecular formula is C28H38N10O. The fourth-order valence-corrected chi connectivity index (χ4v) is 6.36. The molecule has 2 aromatic rings. The van der Waals surface area contributed by atoms with Crippen LogP contribution in [0.25, 0.3) is 0 Å². The van der Waals surface area contributed by atoms with E-state index in [1.54, 1.807) is 12.4 Å². The Labute approximate surface area is 229 Å². The molecule has 0 radical (unpaired) electrons. The van der Waals surface area contributed by atoms with Crippen LogP contribution in [-0.2, 0) is 12.1 Å². The zero-order valence-corrected chi connectivity index (χ0v) is 22.7. The minimum absolute atomic E-state index is 0.0238. The number of nitrogens with zero attached hydrogens (tertiary/aromatic N) is 7. The van der Waals surface area contributed by atoms with Gasteiger partial charge in [-0.05, 0) is 56.9 Å². The number of nitrogens with two attached hydrogens (primary N) is 2. The molecule has 5 N–H and O–H groups in total. The van der Waals surface area contributed by atoms with E-state index in [1.165, 1.54) is 0 Å². The van der Waals surface area contributed by atoms with Gasteiger partial charge in [-0.25, -0.2) is 4.99 Å². The van der Waals surface area contributed by atoms with Gasteiger partial charge in [-0.1, -0.05) is 6.08 Å². The number of nitrogens with one attached hydrogen (secondary N) is 1. The fourth-order valence-electron chi connectivity index (χ4n) is 6.36.